The van der Waals surface area contributed by atoms with Crippen LogP contribution in [0.2, 0.25) is 0 Å². The molecule has 0 fully saturated rings. The van der Waals surface area contributed by atoms with Crippen molar-refractivity contribution in [3.63, 3.8) is 0 Å². The molecule has 1 N–H and O–H groups in total. The van der Waals surface area contributed by atoms with Crippen LogP contribution >= 0.6 is 0 Å². The van der Waals surface area contributed by atoms with Crippen LogP contribution in [0.15, 0.2) is 36.4 Å². The molecular weight excluding hydrogens is 369 g/mol. The molecule has 0 bridgehead atoms. The standard InChI is InChI=1S/C17H17F3N2O3S/c1-11-4-3-5-12(8-11)9-21-15(23)10-22(26(2,24)25)14-7-6-13(18)16(19)17(14)20/h3-8H,9-10H2,1-2H3,(H,21,23). The van der Waals surface area contributed by atoms with Crippen molar-refractivity contribution in [2.75, 3.05) is 17.1 Å². The Balaban J connectivity index is 2.19. The van der Waals surface area contributed by atoms with Gasteiger partial charge in [0.25, 0.3) is 0 Å². The summed E-state index contributed by atoms with van der Waals surface area (Å²) in [5.41, 5.74) is 1.04. The molecule has 140 valence electrons. The molecule has 5 nitrogen and oxygen atoms in total. The van der Waals surface area contributed by atoms with Crippen molar-refractivity contribution < 1.29 is 26.4 Å². The molecule has 2 rings (SSSR count). The van der Waals surface area contributed by atoms with E-state index in [9.17, 15) is 26.4 Å². The third-order valence-electron chi connectivity index (χ3n) is 3.54. The summed E-state index contributed by atoms with van der Waals surface area (Å²) in [7, 11) is -4.11. The average molecular weight is 386 g/mol. The molecule has 26 heavy (non-hydrogen) atoms. The molecule has 0 saturated carbocycles. The summed E-state index contributed by atoms with van der Waals surface area (Å²) < 4.78 is 64.6. The molecule has 0 aliphatic heterocycles. The van der Waals surface area contributed by atoms with Crippen molar-refractivity contribution in [1.82, 2.24) is 5.32 Å². The van der Waals surface area contributed by atoms with Gasteiger partial charge in [-0.25, -0.2) is 21.6 Å². The number of rotatable bonds is 6. The number of nitrogens with zero attached hydrogens (tertiary/aromatic N) is 1. The van der Waals surface area contributed by atoms with Crippen LogP contribution in [0.4, 0.5) is 18.9 Å². The fraction of sp³-hybridized carbons (Fsp3) is 0.235. The van der Waals surface area contributed by atoms with Crippen molar-refractivity contribution >= 4 is 21.6 Å². The van der Waals surface area contributed by atoms with E-state index in [0.717, 1.165) is 23.4 Å². The van der Waals surface area contributed by atoms with Crippen LogP contribution in [0.25, 0.3) is 0 Å². The lowest BCUT2D eigenvalue weighted by Crippen LogP contribution is -2.40. The van der Waals surface area contributed by atoms with Gasteiger partial charge >= 0.3 is 0 Å². The molecule has 0 heterocycles. The van der Waals surface area contributed by atoms with Gasteiger partial charge in [-0.05, 0) is 24.6 Å². The maximum absolute atomic E-state index is 13.9. The number of carbonyl (C=O) groups is 1. The minimum atomic E-state index is -4.11. The molecular formula is C17H17F3N2O3S. The van der Waals surface area contributed by atoms with Gasteiger partial charge in [0.2, 0.25) is 15.9 Å². The predicted molar refractivity (Wildman–Crippen MR) is 91.5 cm³/mol. The number of sulfonamides is 1. The highest BCUT2D eigenvalue weighted by molar-refractivity contribution is 7.92. The SMILES string of the molecule is Cc1cccc(CNC(=O)CN(c2ccc(F)c(F)c2F)S(C)(=O)=O)c1. The van der Waals surface area contributed by atoms with E-state index < -0.39 is 45.6 Å². The molecule has 2 aromatic carbocycles. The summed E-state index contributed by atoms with van der Waals surface area (Å²) in [6.07, 6.45) is 0.738. The Morgan fingerprint density at radius 3 is 2.42 bits per heavy atom. The maximum Gasteiger partial charge on any atom is 0.241 e. The predicted octanol–water partition coefficient (Wildman–Crippen LogP) is 2.49. The van der Waals surface area contributed by atoms with Crippen molar-refractivity contribution in [3.05, 3.63) is 65.0 Å². The van der Waals surface area contributed by atoms with Crippen molar-refractivity contribution in [3.8, 4) is 0 Å². The third-order valence-corrected chi connectivity index (χ3v) is 4.67. The number of halogens is 3. The molecule has 0 saturated heterocycles. The molecule has 0 radical (unpaired) electrons. The summed E-state index contributed by atoms with van der Waals surface area (Å²) in [6, 6.07) is 8.65. The van der Waals surface area contributed by atoms with Gasteiger partial charge in [-0.2, -0.15) is 0 Å². The van der Waals surface area contributed by atoms with Crippen LogP contribution in [-0.2, 0) is 21.4 Å². The highest BCUT2D eigenvalue weighted by Crippen LogP contribution is 2.25. The molecule has 1 amide bonds. The number of anilines is 1. The van der Waals surface area contributed by atoms with E-state index in [1.807, 2.05) is 19.1 Å². The molecule has 0 spiro atoms. The molecule has 0 aliphatic carbocycles. The maximum atomic E-state index is 13.9. The third kappa shape index (κ3) is 4.75. The van der Waals surface area contributed by atoms with Crippen LogP contribution in [0.1, 0.15) is 11.1 Å². The van der Waals surface area contributed by atoms with Gasteiger partial charge in [0.15, 0.2) is 17.5 Å². The van der Waals surface area contributed by atoms with E-state index in [-0.39, 0.29) is 6.54 Å². The molecule has 0 unspecified atom stereocenters. The quantitative estimate of drug-likeness (QED) is 0.776. The number of carbonyl (C=O) groups excluding carboxylic acids is 1. The number of aryl methyl sites for hydroxylation is 1. The number of amides is 1. The smallest absolute Gasteiger partial charge is 0.241 e. The molecule has 2 aromatic rings. The Bertz CT molecular complexity index is 933. The Morgan fingerprint density at radius 1 is 1.12 bits per heavy atom. The first-order chi connectivity index (χ1) is 12.1. The number of hydrogen-bond acceptors (Lipinski definition) is 3. The van der Waals surface area contributed by atoms with Gasteiger partial charge in [-0.1, -0.05) is 29.8 Å². The fourth-order valence-electron chi connectivity index (χ4n) is 2.30. The summed E-state index contributed by atoms with van der Waals surface area (Å²) in [4.78, 5) is 12.1. The first-order valence-corrected chi connectivity index (χ1v) is 9.38. The minimum Gasteiger partial charge on any atom is -0.350 e. The Hall–Kier alpha value is -2.55. The van der Waals surface area contributed by atoms with Gasteiger partial charge < -0.3 is 5.32 Å². The van der Waals surface area contributed by atoms with Gasteiger partial charge in [-0.15, -0.1) is 0 Å². The fourth-order valence-corrected chi connectivity index (χ4v) is 3.15. The van der Waals surface area contributed by atoms with Crippen molar-refractivity contribution in [2.24, 2.45) is 0 Å². The summed E-state index contributed by atoms with van der Waals surface area (Å²) in [5, 5.41) is 2.51. The molecule has 0 aromatic heterocycles. The normalized spacial score (nSPS) is 11.3. The van der Waals surface area contributed by atoms with E-state index in [1.54, 1.807) is 12.1 Å². The largest absolute Gasteiger partial charge is 0.350 e. The van der Waals surface area contributed by atoms with Crippen LogP contribution in [0, 0.1) is 24.4 Å². The highest BCUT2D eigenvalue weighted by atomic mass is 32.2. The zero-order valence-electron chi connectivity index (χ0n) is 14.1. The van der Waals surface area contributed by atoms with Gasteiger partial charge in [0.1, 0.15) is 6.54 Å². The lowest BCUT2D eigenvalue weighted by Gasteiger charge is -2.22. The van der Waals surface area contributed by atoms with E-state index in [4.69, 9.17) is 0 Å². The van der Waals surface area contributed by atoms with Crippen LogP contribution in [-0.4, -0.2) is 27.1 Å². The summed E-state index contributed by atoms with van der Waals surface area (Å²) in [6.45, 7) is 1.24. The second kappa shape index (κ2) is 7.77. The summed E-state index contributed by atoms with van der Waals surface area (Å²) >= 11 is 0. The van der Waals surface area contributed by atoms with Crippen molar-refractivity contribution in [2.45, 2.75) is 13.5 Å². The highest BCUT2D eigenvalue weighted by Gasteiger charge is 2.26. The number of benzene rings is 2. The van der Waals surface area contributed by atoms with Gasteiger partial charge in [0.05, 0.1) is 11.9 Å². The van der Waals surface area contributed by atoms with Crippen LogP contribution < -0.4 is 9.62 Å². The topological polar surface area (TPSA) is 66.5 Å². The Labute approximate surface area is 149 Å². The first-order valence-electron chi connectivity index (χ1n) is 7.53. The van der Waals surface area contributed by atoms with E-state index in [1.165, 1.54) is 0 Å². The second-order valence-corrected chi connectivity index (χ2v) is 7.64. The lowest BCUT2D eigenvalue weighted by molar-refractivity contribution is -0.119. The van der Waals surface area contributed by atoms with Gasteiger partial charge in [0, 0.05) is 6.54 Å². The van der Waals surface area contributed by atoms with E-state index in [0.29, 0.717) is 10.4 Å². The summed E-state index contributed by atoms with van der Waals surface area (Å²) in [5.74, 6) is -5.66. The Kier molecular flexibility index (Phi) is 5.91. The Morgan fingerprint density at radius 2 is 1.81 bits per heavy atom. The zero-order chi connectivity index (χ0) is 19.5. The molecule has 0 aliphatic rings. The lowest BCUT2D eigenvalue weighted by atomic mass is 10.1. The number of nitrogens with one attached hydrogen (secondary N) is 1. The van der Waals surface area contributed by atoms with Crippen LogP contribution in [0.3, 0.4) is 0 Å². The zero-order valence-corrected chi connectivity index (χ0v) is 14.9. The van der Waals surface area contributed by atoms with E-state index >= 15 is 0 Å². The average Bonchev–Trinajstić information content (AvgIpc) is 2.56. The van der Waals surface area contributed by atoms with Gasteiger partial charge in [-0.3, -0.25) is 9.10 Å². The van der Waals surface area contributed by atoms with Crippen molar-refractivity contribution in [1.29, 1.82) is 0 Å². The van der Waals surface area contributed by atoms with E-state index in [2.05, 4.69) is 5.32 Å². The molecule has 9 heteroatoms. The second-order valence-electron chi connectivity index (χ2n) is 5.73. The minimum absolute atomic E-state index is 0.137. The number of hydrogen-bond donors (Lipinski definition) is 1. The first kappa shape index (κ1) is 19.8. The molecule has 0 atom stereocenters. The van der Waals surface area contributed by atoms with Crippen LogP contribution in [0.5, 0.6) is 0 Å². The monoisotopic (exact) mass is 386 g/mol.